The van der Waals surface area contributed by atoms with E-state index in [0.717, 1.165) is 64.3 Å². The predicted molar refractivity (Wildman–Crippen MR) is 166 cm³/mol. The van der Waals surface area contributed by atoms with Crippen LogP contribution >= 0.6 is 0 Å². The average Bonchev–Trinajstić information content (AvgIpc) is 3.29. The Labute approximate surface area is 245 Å². The number of piperazine rings is 1. The molecule has 6 heteroatoms. The Morgan fingerprint density at radius 2 is 1.85 bits per heavy atom. The SMILES string of the molecule is CCOc1ccc2c(c1)c1c(n2CCN2CCNCC2)-c2cc(C(C)C)ccc2[C@@]2(C)CCC[C@@](C)(C(=O)OC)C12. The van der Waals surface area contributed by atoms with E-state index >= 15 is 0 Å². The van der Waals surface area contributed by atoms with Crippen LogP contribution < -0.4 is 10.1 Å². The number of nitrogens with one attached hydrogen (secondary N) is 1. The molecule has 3 aliphatic rings. The van der Waals surface area contributed by atoms with Gasteiger partial charge in [0, 0.05) is 67.1 Å². The van der Waals surface area contributed by atoms with Gasteiger partial charge in [0.05, 0.1) is 24.8 Å². The maximum Gasteiger partial charge on any atom is 0.312 e. The van der Waals surface area contributed by atoms with Gasteiger partial charge in [-0.1, -0.05) is 39.3 Å². The van der Waals surface area contributed by atoms with Crippen molar-refractivity contribution >= 4 is 16.9 Å². The van der Waals surface area contributed by atoms with E-state index in [2.05, 4.69) is 78.9 Å². The Balaban J connectivity index is 1.66. The lowest BCUT2D eigenvalue weighted by molar-refractivity contribution is -0.157. The molecule has 3 atom stereocenters. The van der Waals surface area contributed by atoms with Crippen molar-refractivity contribution < 1.29 is 14.3 Å². The zero-order valence-electron chi connectivity index (χ0n) is 25.8. The topological polar surface area (TPSA) is 55.7 Å². The van der Waals surface area contributed by atoms with E-state index in [4.69, 9.17) is 9.47 Å². The molecule has 1 aromatic heterocycles. The molecule has 3 aromatic rings. The van der Waals surface area contributed by atoms with E-state index in [1.54, 1.807) is 7.11 Å². The summed E-state index contributed by atoms with van der Waals surface area (Å²) in [5.41, 5.74) is 7.11. The Kier molecular flexibility index (Phi) is 7.44. The molecule has 6 nitrogen and oxygen atoms in total. The van der Waals surface area contributed by atoms with Gasteiger partial charge in [0.25, 0.3) is 0 Å². The first-order chi connectivity index (χ1) is 19.7. The fraction of sp³-hybridized carbons (Fsp3) is 0.571. The van der Waals surface area contributed by atoms with Gasteiger partial charge >= 0.3 is 5.97 Å². The molecule has 1 N–H and O–H groups in total. The Morgan fingerprint density at radius 1 is 1.07 bits per heavy atom. The molecular formula is C35H47N3O3. The Hall–Kier alpha value is -2.83. The minimum absolute atomic E-state index is 0.00316. The van der Waals surface area contributed by atoms with Crippen molar-refractivity contribution in [3.8, 4) is 17.0 Å². The monoisotopic (exact) mass is 557 g/mol. The van der Waals surface area contributed by atoms with E-state index in [1.165, 1.54) is 38.9 Å². The third-order valence-corrected chi connectivity index (χ3v) is 10.4. The van der Waals surface area contributed by atoms with Crippen LogP contribution in [0.2, 0.25) is 0 Å². The van der Waals surface area contributed by atoms with Gasteiger partial charge in [-0.3, -0.25) is 9.69 Å². The largest absolute Gasteiger partial charge is 0.494 e. The van der Waals surface area contributed by atoms with Crippen molar-refractivity contribution in [3.63, 3.8) is 0 Å². The molecule has 41 heavy (non-hydrogen) atoms. The smallest absolute Gasteiger partial charge is 0.312 e. The number of hydrogen-bond donors (Lipinski definition) is 1. The molecule has 1 aliphatic heterocycles. The fourth-order valence-electron chi connectivity index (χ4n) is 8.42. The van der Waals surface area contributed by atoms with Crippen LogP contribution in [0.3, 0.4) is 0 Å². The first-order valence-corrected chi connectivity index (χ1v) is 15.7. The normalized spacial score (nSPS) is 26.0. The van der Waals surface area contributed by atoms with Crippen molar-refractivity contribution in [2.45, 2.75) is 77.7 Å². The summed E-state index contributed by atoms with van der Waals surface area (Å²) < 4.78 is 14.2. The maximum atomic E-state index is 13.7. The molecule has 2 aromatic carbocycles. The van der Waals surface area contributed by atoms with Crippen molar-refractivity contribution in [3.05, 3.63) is 53.1 Å². The minimum Gasteiger partial charge on any atom is -0.494 e. The number of methoxy groups -OCH3 is 1. The number of carbonyl (C=O) groups excluding carboxylic acids is 1. The van der Waals surface area contributed by atoms with Crippen LogP contribution in [-0.4, -0.2) is 61.9 Å². The zero-order valence-corrected chi connectivity index (χ0v) is 25.8. The zero-order chi connectivity index (χ0) is 28.9. The second-order valence-corrected chi connectivity index (χ2v) is 13.2. The highest BCUT2D eigenvalue weighted by Crippen LogP contribution is 2.65. The molecule has 0 spiro atoms. The number of hydrogen-bond acceptors (Lipinski definition) is 5. The molecule has 1 saturated heterocycles. The summed E-state index contributed by atoms with van der Waals surface area (Å²) in [5.74, 6) is 1.23. The van der Waals surface area contributed by atoms with E-state index in [0.29, 0.717) is 12.5 Å². The summed E-state index contributed by atoms with van der Waals surface area (Å²) in [7, 11) is 1.55. The molecule has 2 aliphatic carbocycles. The number of nitrogens with zero attached hydrogens (tertiary/aromatic N) is 2. The quantitative estimate of drug-likeness (QED) is 0.338. The number of rotatable bonds is 7. The number of aromatic nitrogens is 1. The minimum atomic E-state index is -0.621. The van der Waals surface area contributed by atoms with Crippen LogP contribution in [0.1, 0.15) is 82.4 Å². The first kappa shape index (κ1) is 28.3. The molecule has 0 bridgehead atoms. The molecule has 2 fully saturated rings. The van der Waals surface area contributed by atoms with Gasteiger partial charge in [-0.05, 0) is 73.6 Å². The lowest BCUT2D eigenvalue weighted by Gasteiger charge is -2.54. The van der Waals surface area contributed by atoms with Crippen molar-refractivity contribution in [2.24, 2.45) is 5.41 Å². The number of fused-ring (bicyclic) bond motifs is 8. The fourth-order valence-corrected chi connectivity index (χ4v) is 8.42. The van der Waals surface area contributed by atoms with Crippen LogP contribution in [0.25, 0.3) is 22.2 Å². The second kappa shape index (κ2) is 10.8. The van der Waals surface area contributed by atoms with Gasteiger partial charge in [-0.2, -0.15) is 0 Å². The summed E-state index contributed by atoms with van der Waals surface area (Å²) in [6.07, 6.45) is 2.89. The molecule has 1 saturated carbocycles. The third kappa shape index (κ3) is 4.49. The molecule has 0 amide bonds. The van der Waals surface area contributed by atoms with Crippen molar-refractivity contribution in [2.75, 3.05) is 46.4 Å². The number of ether oxygens (including phenoxy) is 2. The summed E-state index contributed by atoms with van der Waals surface area (Å²) in [6.45, 7) is 17.9. The number of carbonyl (C=O) groups is 1. The molecule has 220 valence electrons. The van der Waals surface area contributed by atoms with Crippen LogP contribution in [0.5, 0.6) is 5.75 Å². The average molecular weight is 558 g/mol. The predicted octanol–water partition coefficient (Wildman–Crippen LogP) is 6.45. The number of benzene rings is 2. The number of esters is 1. The summed E-state index contributed by atoms with van der Waals surface area (Å²) >= 11 is 0. The standard InChI is InChI=1S/C35H47N3O3/c1-7-41-25-10-12-29-27(22-25)30-31(38(29)20-19-37-17-15-36-16-18-37)26-21-24(23(2)3)9-11-28(26)34(4)13-8-14-35(5,32(30)34)33(39)40-6/h9-12,21-23,32,36H,7-8,13-20H2,1-6H3/t32?,34-,35-/m1/s1. The molecular weight excluding hydrogens is 510 g/mol. The highest BCUT2D eigenvalue weighted by atomic mass is 16.5. The van der Waals surface area contributed by atoms with Crippen LogP contribution in [0.4, 0.5) is 0 Å². The molecule has 6 rings (SSSR count). The second-order valence-electron chi connectivity index (χ2n) is 13.2. The molecule has 2 heterocycles. The van der Waals surface area contributed by atoms with Crippen LogP contribution in [0, 0.1) is 5.41 Å². The van der Waals surface area contributed by atoms with Gasteiger partial charge in [0.1, 0.15) is 5.75 Å². The first-order valence-electron chi connectivity index (χ1n) is 15.7. The van der Waals surface area contributed by atoms with Gasteiger partial charge in [-0.25, -0.2) is 0 Å². The highest BCUT2D eigenvalue weighted by Gasteiger charge is 2.58. The maximum absolute atomic E-state index is 13.7. The van der Waals surface area contributed by atoms with Crippen molar-refractivity contribution in [1.82, 2.24) is 14.8 Å². The summed E-state index contributed by atoms with van der Waals surface area (Å²) in [6, 6.07) is 13.8. The lowest BCUT2D eigenvalue weighted by atomic mass is 9.49. The molecule has 1 unspecified atom stereocenters. The van der Waals surface area contributed by atoms with E-state index in [-0.39, 0.29) is 17.3 Å². The van der Waals surface area contributed by atoms with Crippen molar-refractivity contribution in [1.29, 1.82) is 0 Å². The van der Waals surface area contributed by atoms with E-state index in [9.17, 15) is 4.79 Å². The van der Waals surface area contributed by atoms with Crippen LogP contribution in [-0.2, 0) is 21.5 Å². The highest BCUT2D eigenvalue weighted by molar-refractivity contribution is 5.97. The Morgan fingerprint density at radius 3 is 2.56 bits per heavy atom. The lowest BCUT2D eigenvalue weighted by Crippen LogP contribution is -2.50. The summed E-state index contributed by atoms with van der Waals surface area (Å²) in [5, 5.41) is 4.71. The summed E-state index contributed by atoms with van der Waals surface area (Å²) in [4.78, 5) is 16.3. The Bertz CT molecular complexity index is 1450. The van der Waals surface area contributed by atoms with E-state index in [1.807, 2.05) is 6.92 Å². The van der Waals surface area contributed by atoms with Gasteiger partial charge < -0.3 is 19.4 Å². The third-order valence-electron chi connectivity index (χ3n) is 10.4. The van der Waals surface area contributed by atoms with Gasteiger partial charge in [0.15, 0.2) is 0 Å². The van der Waals surface area contributed by atoms with Crippen LogP contribution in [0.15, 0.2) is 36.4 Å². The molecule has 0 radical (unpaired) electrons. The van der Waals surface area contributed by atoms with Gasteiger partial charge in [-0.15, -0.1) is 0 Å². The van der Waals surface area contributed by atoms with Gasteiger partial charge in [0.2, 0.25) is 0 Å². The van der Waals surface area contributed by atoms with E-state index < -0.39 is 5.41 Å².